The third-order valence-electron chi connectivity index (χ3n) is 2.85. The van der Waals surface area contributed by atoms with Gasteiger partial charge < -0.3 is 5.32 Å². The smallest absolute Gasteiger partial charge is 0.215 e. The molecule has 0 aromatic rings. The summed E-state index contributed by atoms with van der Waals surface area (Å²) >= 11 is 0. The SMILES string of the molecule is CNCC1CCN(S(=O)(=O)CCS(C)(=O)=O)C1. The van der Waals surface area contributed by atoms with Gasteiger partial charge in [-0.2, -0.15) is 0 Å². The Morgan fingerprint density at radius 2 is 1.88 bits per heavy atom. The van der Waals surface area contributed by atoms with Gasteiger partial charge in [-0.15, -0.1) is 0 Å². The topological polar surface area (TPSA) is 83.6 Å². The first kappa shape index (κ1) is 14.9. The molecule has 8 heteroatoms. The van der Waals surface area contributed by atoms with Gasteiger partial charge in [0.15, 0.2) is 0 Å². The zero-order valence-corrected chi connectivity index (χ0v) is 11.8. The summed E-state index contributed by atoms with van der Waals surface area (Å²) in [6.07, 6.45) is 1.88. The van der Waals surface area contributed by atoms with Crippen molar-refractivity contribution in [3.8, 4) is 0 Å². The first-order valence-corrected chi connectivity index (χ1v) is 9.22. The molecule has 6 nitrogen and oxygen atoms in total. The van der Waals surface area contributed by atoms with Gasteiger partial charge in [0.25, 0.3) is 0 Å². The molecule has 1 N–H and O–H groups in total. The van der Waals surface area contributed by atoms with Crippen molar-refractivity contribution >= 4 is 19.9 Å². The zero-order chi connectivity index (χ0) is 13.1. The van der Waals surface area contributed by atoms with Crippen molar-refractivity contribution in [3.05, 3.63) is 0 Å². The van der Waals surface area contributed by atoms with E-state index in [1.54, 1.807) is 0 Å². The molecular weight excluding hydrogens is 264 g/mol. The van der Waals surface area contributed by atoms with Crippen LogP contribution < -0.4 is 5.32 Å². The molecule has 1 heterocycles. The molecule has 0 saturated carbocycles. The lowest BCUT2D eigenvalue weighted by Gasteiger charge is -2.16. The van der Waals surface area contributed by atoms with Crippen LogP contribution in [-0.2, 0) is 19.9 Å². The number of sulfone groups is 1. The third-order valence-corrected chi connectivity index (χ3v) is 5.89. The summed E-state index contributed by atoms with van der Waals surface area (Å²) in [6, 6.07) is 0. The summed E-state index contributed by atoms with van der Waals surface area (Å²) in [7, 11) is -4.81. The Morgan fingerprint density at radius 3 is 2.41 bits per heavy atom. The van der Waals surface area contributed by atoms with Crippen LogP contribution in [0.5, 0.6) is 0 Å². The van der Waals surface area contributed by atoms with E-state index in [0.717, 1.165) is 19.2 Å². The van der Waals surface area contributed by atoms with Gasteiger partial charge in [0.2, 0.25) is 10.0 Å². The summed E-state index contributed by atoms with van der Waals surface area (Å²) in [4.78, 5) is 0. The highest BCUT2D eigenvalue weighted by atomic mass is 32.2. The van der Waals surface area contributed by atoms with Gasteiger partial charge in [-0.25, -0.2) is 21.1 Å². The van der Waals surface area contributed by atoms with Crippen LogP contribution in [-0.4, -0.2) is 65.6 Å². The van der Waals surface area contributed by atoms with E-state index in [4.69, 9.17) is 0 Å². The number of hydrogen-bond donors (Lipinski definition) is 1. The number of nitrogens with one attached hydrogen (secondary N) is 1. The predicted octanol–water partition coefficient (Wildman–Crippen LogP) is -1.10. The molecule has 1 unspecified atom stereocenters. The van der Waals surface area contributed by atoms with E-state index in [9.17, 15) is 16.8 Å². The van der Waals surface area contributed by atoms with Crippen molar-refractivity contribution < 1.29 is 16.8 Å². The number of sulfonamides is 1. The summed E-state index contributed by atoms with van der Waals surface area (Å²) in [6.45, 7) is 1.78. The molecule has 1 atom stereocenters. The van der Waals surface area contributed by atoms with E-state index < -0.39 is 19.9 Å². The first-order valence-electron chi connectivity index (χ1n) is 5.55. The maximum absolute atomic E-state index is 11.9. The molecule has 0 bridgehead atoms. The minimum absolute atomic E-state index is 0.303. The molecule has 17 heavy (non-hydrogen) atoms. The summed E-state index contributed by atoms with van der Waals surface area (Å²) < 4.78 is 47.1. The molecule has 0 spiro atoms. The average Bonchev–Trinajstić information content (AvgIpc) is 2.64. The van der Waals surface area contributed by atoms with Gasteiger partial charge >= 0.3 is 0 Å². The molecule has 0 aromatic carbocycles. The van der Waals surface area contributed by atoms with Crippen LogP contribution in [0.4, 0.5) is 0 Å². The van der Waals surface area contributed by atoms with Crippen LogP contribution >= 0.6 is 0 Å². The standard InChI is InChI=1S/C9H20N2O4S2/c1-10-7-9-3-4-11(8-9)17(14,15)6-5-16(2,12)13/h9-10H,3-8H2,1-2H3. The molecular formula is C9H20N2O4S2. The summed E-state index contributed by atoms with van der Waals surface area (Å²) in [5.41, 5.74) is 0. The van der Waals surface area contributed by atoms with Crippen LogP contribution in [0.3, 0.4) is 0 Å². The fraction of sp³-hybridized carbons (Fsp3) is 1.00. The van der Waals surface area contributed by atoms with E-state index in [1.165, 1.54) is 4.31 Å². The van der Waals surface area contributed by atoms with E-state index in [-0.39, 0.29) is 11.5 Å². The summed E-state index contributed by atoms with van der Waals surface area (Å²) in [5, 5.41) is 3.02. The Kier molecular flexibility index (Phi) is 4.94. The largest absolute Gasteiger partial charge is 0.319 e. The van der Waals surface area contributed by atoms with Gasteiger partial charge in [0, 0.05) is 19.3 Å². The molecule has 1 aliphatic heterocycles. The zero-order valence-electron chi connectivity index (χ0n) is 10.2. The molecule has 0 aromatic heterocycles. The average molecular weight is 284 g/mol. The highest BCUT2D eigenvalue weighted by molar-refractivity contribution is 7.93. The second kappa shape index (κ2) is 5.64. The molecule has 0 aliphatic carbocycles. The molecule has 1 aliphatic rings. The molecule has 0 amide bonds. The van der Waals surface area contributed by atoms with Crippen molar-refractivity contribution in [2.75, 3.05) is 44.4 Å². The fourth-order valence-corrected chi connectivity index (χ4v) is 5.02. The monoisotopic (exact) mass is 284 g/mol. The Bertz CT molecular complexity index is 444. The predicted molar refractivity (Wildman–Crippen MR) is 67.1 cm³/mol. The van der Waals surface area contributed by atoms with Crippen molar-refractivity contribution in [1.82, 2.24) is 9.62 Å². The van der Waals surface area contributed by atoms with Crippen molar-refractivity contribution in [2.24, 2.45) is 5.92 Å². The molecule has 1 saturated heterocycles. The highest BCUT2D eigenvalue weighted by Gasteiger charge is 2.31. The second-order valence-corrected chi connectivity index (χ2v) is 8.86. The van der Waals surface area contributed by atoms with Gasteiger partial charge in [-0.05, 0) is 25.9 Å². The van der Waals surface area contributed by atoms with Crippen molar-refractivity contribution in [1.29, 1.82) is 0 Å². The molecule has 1 rings (SSSR count). The Morgan fingerprint density at radius 1 is 1.24 bits per heavy atom. The lowest BCUT2D eigenvalue weighted by molar-refractivity contribution is 0.452. The fourth-order valence-electron chi connectivity index (χ4n) is 1.89. The Labute approximate surface area is 103 Å². The van der Waals surface area contributed by atoms with Gasteiger partial charge in [0.05, 0.1) is 11.5 Å². The normalized spacial score (nSPS) is 23.1. The maximum atomic E-state index is 11.9. The van der Waals surface area contributed by atoms with Crippen LogP contribution in [0.15, 0.2) is 0 Å². The van der Waals surface area contributed by atoms with Crippen LogP contribution in [0.25, 0.3) is 0 Å². The van der Waals surface area contributed by atoms with E-state index in [0.29, 0.717) is 19.0 Å². The number of nitrogens with zero attached hydrogens (tertiary/aromatic N) is 1. The molecule has 0 radical (unpaired) electrons. The van der Waals surface area contributed by atoms with Crippen molar-refractivity contribution in [2.45, 2.75) is 6.42 Å². The highest BCUT2D eigenvalue weighted by Crippen LogP contribution is 2.19. The summed E-state index contributed by atoms with van der Waals surface area (Å²) in [5.74, 6) is -0.284. The minimum Gasteiger partial charge on any atom is -0.319 e. The Balaban J connectivity index is 2.55. The van der Waals surface area contributed by atoms with Crippen LogP contribution in [0.1, 0.15) is 6.42 Å². The van der Waals surface area contributed by atoms with Crippen molar-refractivity contribution in [3.63, 3.8) is 0 Å². The second-order valence-electron chi connectivity index (χ2n) is 4.52. The molecule has 1 fully saturated rings. The third kappa shape index (κ3) is 4.90. The van der Waals surface area contributed by atoms with E-state index in [1.807, 2.05) is 7.05 Å². The number of rotatable bonds is 6. The lowest BCUT2D eigenvalue weighted by atomic mass is 10.1. The van der Waals surface area contributed by atoms with Gasteiger partial charge in [-0.1, -0.05) is 0 Å². The van der Waals surface area contributed by atoms with Gasteiger partial charge in [-0.3, -0.25) is 0 Å². The molecule has 102 valence electrons. The number of hydrogen-bond acceptors (Lipinski definition) is 5. The van der Waals surface area contributed by atoms with E-state index in [2.05, 4.69) is 5.32 Å². The lowest BCUT2D eigenvalue weighted by Crippen LogP contribution is -2.34. The van der Waals surface area contributed by atoms with Gasteiger partial charge in [0.1, 0.15) is 9.84 Å². The maximum Gasteiger partial charge on any atom is 0.215 e. The Hall–Kier alpha value is -0.180. The van der Waals surface area contributed by atoms with Crippen LogP contribution in [0.2, 0.25) is 0 Å². The first-order chi connectivity index (χ1) is 7.74. The quantitative estimate of drug-likeness (QED) is 0.669. The van der Waals surface area contributed by atoms with E-state index >= 15 is 0 Å². The minimum atomic E-state index is -3.42. The van der Waals surface area contributed by atoms with Crippen LogP contribution in [0, 0.1) is 5.92 Å².